The predicted molar refractivity (Wildman–Crippen MR) is 79.1 cm³/mol. The Labute approximate surface area is 118 Å². The number of rotatable bonds is 3. The van der Waals surface area contributed by atoms with Crippen LogP contribution in [0.2, 0.25) is 5.02 Å². The molecule has 2 rings (SSSR count). The number of hydrogen-bond acceptors (Lipinski definition) is 1. The molecule has 0 saturated carbocycles. The predicted octanol–water partition coefficient (Wildman–Crippen LogP) is 4.48. The Bertz CT molecular complexity index is 608. The van der Waals surface area contributed by atoms with Crippen molar-refractivity contribution in [1.82, 2.24) is 5.32 Å². The maximum Gasteiger partial charge on any atom is 0.123 e. The van der Waals surface area contributed by atoms with E-state index in [1.807, 2.05) is 33.0 Å². The van der Waals surface area contributed by atoms with Crippen LogP contribution >= 0.6 is 11.6 Å². The molecule has 1 N–H and O–H groups in total. The van der Waals surface area contributed by atoms with Gasteiger partial charge in [-0.05, 0) is 73.0 Å². The molecule has 0 spiro atoms. The molecule has 0 aliphatic heterocycles. The molecular weight excluding hydrogens is 261 g/mol. The zero-order chi connectivity index (χ0) is 14.0. The number of nitrogens with one attached hydrogen (secondary N) is 1. The molecule has 0 fully saturated rings. The molecule has 0 aromatic heterocycles. The van der Waals surface area contributed by atoms with Gasteiger partial charge in [0.05, 0.1) is 0 Å². The van der Waals surface area contributed by atoms with Gasteiger partial charge in [0.15, 0.2) is 0 Å². The van der Waals surface area contributed by atoms with E-state index in [-0.39, 0.29) is 5.82 Å². The molecule has 0 bridgehead atoms. The van der Waals surface area contributed by atoms with E-state index in [1.54, 1.807) is 6.07 Å². The van der Waals surface area contributed by atoms with Crippen molar-refractivity contribution in [1.29, 1.82) is 0 Å². The molecule has 0 atom stereocenters. The van der Waals surface area contributed by atoms with Crippen LogP contribution < -0.4 is 5.32 Å². The topological polar surface area (TPSA) is 12.0 Å². The highest BCUT2D eigenvalue weighted by Gasteiger charge is 2.10. The number of halogens is 2. The summed E-state index contributed by atoms with van der Waals surface area (Å²) in [5.41, 5.74) is 5.23. The summed E-state index contributed by atoms with van der Waals surface area (Å²) in [6.07, 6.45) is 0. The van der Waals surface area contributed by atoms with Gasteiger partial charge in [-0.25, -0.2) is 4.39 Å². The molecule has 100 valence electrons. The average Bonchev–Trinajstić information content (AvgIpc) is 2.35. The van der Waals surface area contributed by atoms with Gasteiger partial charge in [-0.1, -0.05) is 17.7 Å². The Kier molecular flexibility index (Phi) is 4.23. The third-order valence-electron chi connectivity index (χ3n) is 3.23. The van der Waals surface area contributed by atoms with E-state index < -0.39 is 0 Å². The van der Waals surface area contributed by atoms with Crippen molar-refractivity contribution in [2.24, 2.45) is 0 Å². The molecule has 0 amide bonds. The summed E-state index contributed by atoms with van der Waals surface area (Å²) in [7, 11) is 1.86. The molecule has 0 aliphatic rings. The van der Waals surface area contributed by atoms with E-state index in [1.165, 1.54) is 6.07 Å². The molecular formula is C16H17ClFN. The van der Waals surface area contributed by atoms with Crippen molar-refractivity contribution in [2.45, 2.75) is 20.4 Å². The van der Waals surface area contributed by atoms with E-state index >= 15 is 0 Å². The maximum absolute atomic E-state index is 13.4. The first-order valence-corrected chi connectivity index (χ1v) is 6.61. The fourth-order valence-corrected chi connectivity index (χ4v) is 2.45. The van der Waals surface area contributed by atoms with Crippen LogP contribution in [0.4, 0.5) is 4.39 Å². The minimum atomic E-state index is -0.211. The highest BCUT2D eigenvalue weighted by atomic mass is 35.5. The van der Waals surface area contributed by atoms with E-state index in [9.17, 15) is 4.39 Å². The Morgan fingerprint density at radius 1 is 1.05 bits per heavy atom. The molecule has 0 radical (unpaired) electrons. The Morgan fingerprint density at radius 2 is 1.79 bits per heavy atom. The lowest BCUT2D eigenvalue weighted by Gasteiger charge is -2.14. The van der Waals surface area contributed by atoms with Crippen LogP contribution in [0.3, 0.4) is 0 Å². The zero-order valence-corrected chi connectivity index (χ0v) is 12.1. The van der Waals surface area contributed by atoms with Crippen LogP contribution in [0.25, 0.3) is 11.1 Å². The van der Waals surface area contributed by atoms with Crippen molar-refractivity contribution < 1.29 is 4.39 Å². The van der Waals surface area contributed by atoms with Gasteiger partial charge < -0.3 is 5.32 Å². The van der Waals surface area contributed by atoms with Gasteiger partial charge in [0, 0.05) is 11.6 Å². The Hall–Kier alpha value is -1.38. The monoisotopic (exact) mass is 277 g/mol. The second kappa shape index (κ2) is 5.72. The molecule has 2 aromatic rings. The first-order valence-electron chi connectivity index (χ1n) is 6.23. The average molecular weight is 278 g/mol. The summed E-state index contributed by atoms with van der Waals surface area (Å²) >= 11 is 6.13. The summed E-state index contributed by atoms with van der Waals surface area (Å²) in [5.74, 6) is -0.211. The molecule has 1 nitrogen and oxygen atoms in total. The maximum atomic E-state index is 13.4. The second-order valence-corrected chi connectivity index (χ2v) is 5.16. The quantitative estimate of drug-likeness (QED) is 0.872. The Balaban J connectivity index is 2.61. The minimum absolute atomic E-state index is 0.211. The van der Waals surface area contributed by atoms with Crippen LogP contribution in [0.15, 0.2) is 30.3 Å². The fourth-order valence-electron chi connectivity index (χ4n) is 2.23. The van der Waals surface area contributed by atoms with Gasteiger partial charge in [0.1, 0.15) is 5.82 Å². The van der Waals surface area contributed by atoms with Crippen molar-refractivity contribution in [3.05, 3.63) is 57.9 Å². The SMILES string of the molecule is CNCc1cc(F)ccc1-c1cc(C)c(Cl)cc1C. The van der Waals surface area contributed by atoms with E-state index in [4.69, 9.17) is 11.6 Å². The number of benzene rings is 2. The van der Waals surface area contributed by atoms with Gasteiger partial charge in [0.2, 0.25) is 0 Å². The second-order valence-electron chi connectivity index (χ2n) is 4.75. The smallest absolute Gasteiger partial charge is 0.123 e. The normalized spacial score (nSPS) is 10.8. The van der Waals surface area contributed by atoms with Crippen molar-refractivity contribution in [3.63, 3.8) is 0 Å². The van der Waals surface area contributed by atoms with Gasteiger partial charge in [-0.15, -0.1) is 0 Å². The first kappa shape index (κ1) is 14.0. The number of hydrogen-bond donors (Lipinski definition) is 1. The third kappa shape index (κ3) is 2.96. The summed E-state index contributed by atoms with van der Waals surface area (Å²) < 4.78 is 13.4. The molecule has 0 unspecified atom stereocenters. The number of aryl methyl sites for hydroxylation is 2. The van der Waals surface area contributed by atoms with Crippen LogP contribution in [0, 0.1) is 19.7 Å². The zero-order valence-electron chi connectivity index (χ0n) is 11.3. The standard InChI is InChI=1S/C16H17ClFN/c1-10-7-16(17)11(2)6-15(10)14-5-4-13(18)8-12(14)9-19-3/h4-8,19H,9H2,1-3H3. The largest absolute Gasteiger partial charge is 0.316 e. The van der Waals surface area contributed by atoms with E-state index in [0.29, 0.717) is 6.54 Å². The molecule has 2 aromatic carbocycles. The summed E-state index contributed by atoms with van der Waals surface area (Å²) in [4.78, 5) is 0. The molecule has 0 heterocycles. The lowest BCUT2D eigenvalue weighted by atomic mass is 9.94. The summed E-state index contributed by atoms with van der Waals surface area (Å²) in [5, 5.41) is 3.84. The highest BCUT2D eigenvalue weighted by molar-refractivity contribution is 6.31. The molecule has 19 heavy (non-hydrogen) atoms. The van der Waals surface area contributed by atoms with Crippen LogP contribution in [0.5, 0.6) is 0 Å². The van der Waals surface area contributed by atoms with Crippen molar-refractivity contribution in [3.8, 4) is 11.1 Å². The van der Waals surface area contributed by atoms with Crippen LogP contribution in [-0.2, 0) is 6.54 Å². The van der Waals surface area contributed by atoms with E-state index in [2.05, 4.69) is 11.4 Å². The van der Waals surface area contributed by atoms with E-state index in [0.717, 1.165) is 32.8 Å². The third-order valence-corrected chi connectivity index (χ3v) is 3.64. The van der Waals surface area contributed by atoms with Gasteiger partial charge in [0.25, 0.3) is 0 Å². The highest BCUT2D eigenvalue weighted by Crippen LogP contribution is 2.31. The summed E-state index contributed by atoms with van der Waals surface area (Å²) in [6, 6.07) is 8.92. The minimum Gasteiger partial charge on any atom is -0.316 e. The summed E-state index contributed by atoms with van der Waals surface area (Å²) in [6.45, 7) is 4.63. The van der Waals surface area contributed by atoms with Crippen LogP contribution in [-0.4, -0.2) is 7.05 Å². The fraction of sp³-hybridized carbons (Fsp3) is 0.250. The van der Waals surface area contributed by atoms with Gasteiger partial charge in [-0.2, -0.15) is 0 Å². The molecule has 0 saturated heterocycles. The van der Waals surface area contributed by atoms with Crippen molar-refractivity contribution >= 4 is 11.6 Å². The van der Waals surface area contributed by atoms with Gasteiger partial charge >= 0.3 is 0 Å². The van der Waals surface area contributed by atoms with Gasteiger partial charge in [-0.3, -0.25) is 0 Å². The van der Waals surface area contributed by atoms with Crippen LogP contribution in [0.1, 0.15) is 16.7 Å². The lowest BCUT2D eigenvalue weighted by molar-refractivity contribution is 0.624. The Morgan fingerprint density at radius 3 is 2.47 bits per heavy atom. The molecule has 3 heteroatoms. The molecule has 0 aliphatic carbocycles. The first-order chi connectivity index (χ1) is 9.02. The van der Waals surface area contributed by atoms with Crippen molar-refractivity contribution in [2.75, 3.05) is 7.05 Å². The lowest BCUT2D eigenvalue weighted by Crippen LogP contribution is -2.07.